The normalized spacial score (nSPS) is 15.9. The van der Waals surface area contributed by atoms with Gasteiger partial charge in [0, 0.05) is 10.9 Å². The number of hydrogen-bond donors (Lipinski definition) is 2. The molecule has 10 heteroatoms. The van der Waals surface area contributed by atoms with Gasteiger partial charge in [-0.25, -0.2) is 4.98 Å². The fraction of sp³-hybridized carbons (Fsp3) is 0.0526. The van der Waals surface area contributed by atoms with E-state index in [9.17, 15) is 22.8 Å². The Balaban J connectivity index is 1.92. The molecule has 0 unspecified atom stereocenters. The van der Waals surface area contributed by atoms with Crippen LogP contribution in [-0.4, -0.2) is 20.2 Å². The molecule has 0 aliphatic carbocycles. The minimum Gasteiger partial charge on any atom is -0.350 e. The number of carbonyl (C=O) groups is 1. The van der Waals surface area contributed by atoms with Crippen molar-refractivity contribution in [3.8, 4) is 11.3 Å². The lowest BCUT2D eigenvalue weighted by atomic mass is 10.0. The molecule has 0 bridgehead atoms. The number of rotatable bonds is 2. The number of H-pyrrole nitrogens is 1. The molecule has 4 rings (SSSR count). The van der Waals surface area contributed by atoms with Crippen LogP contribution >= 0.6 is 24.0 Å². The van der Waals surface area contributed by atoms with E-state index < -0.39 is 28.8 Å². The van der Waals surface area contributed by atoms with E-state index in [1.165, 1.54) is 42.5 Å². The van der Waals surface area contributed by atoms with Crippen LogP contribution in [0.3, 0.4) is 0 Å². The zero-order valence-corrected chi connectivity index (χ0v) is 16.0. The van der Waals surface area contributed by atoms with E-state index >= 15 is 0 Å². The molecule has 0 atom stereocenters. The molecule has 1 amide bonds. The maximum atomic E-state index is 13.7. The topological polar surface area (TPSA) is 74.8 Å². The lowest BCUT2D eigenvalue weighted by Gasteiger charge is -2.14. The van der Waals surface area contributed by atoms with E-state index in [2.05, 4.69) is 15.3 Å². The number of fused-ring (bicyclic) bond motifs is 1. The Morgan fingerprint density at radius 3 is 2.52 bits per heavy atom. The zero-order chi connectivity index (χ0) is 20.8. The summed E-state index contributed by atoms with van der Waals surface area (Å²) >= 11 is 5.94. The molecule has 5 nitrogen and oxygen atoms in total. The van der Waals surface area contributed by atoms with Crippen LogP contribution in [0.25, 0.3) is 28.2 Å². The smallest absolute Gasteiger partial charge is 0.350 e. The third-order valence-electron chi connectivity index (χ3n) is 4.14. The molecule has 2 aromatic heterocycles. The van der Waals surface area contributed by atoms with Crippen molar-refractivity contribution in [2.24, 2.45) is 0 Å². The van der Waals surface area contributed by atoms with Gasteiger partial charge in [-0.2, -0.15) is 13.2 Å². The number of thiocarbonyl (C=S) groups is 1. The van der Waals surface area contributed by atoms with Crippen molar-refractivity contribution >= 4 is 51.2 Å². The van der Waals surface area contributed by atoms with Gasteiger partial charge in [0.2, 0.25) is 0 Å². The van der Waals surface area contributed by atoms with Crippen molar-refractivity contribution in [1.29, 1.82) is 0 Å². The second kappa shape index (κ2) is 7.12. The molecule has 3 heterocycles. The molecule has 0 radical (unpaired) electrons. The molecule has 0 spiro atoms. The monoisotopic (exact) mass is 433 g/mol. The first kappa shape index (κ1) is 19.3. The van der Waals surface area contributed by atoms with E-state index in [0.717, 1.165) is 11.8 Å². The quantitative estimate of drug-likeness (QED) is 0.470. The van der Waals surface area contributed by atoms with Gasteiger partial charge in [0.1, 0.15) is 10.0 Å². The number of benzene rings is 1. The summed E-state index contributed by atoms with van der Waals surface area (Å²) in [5.74, 6) is -0.410. The lowest BCUT2D eigenvalue weighted by Crippen LogP contribution is -2.19. The highest BCUT2D eigenvalue weighted by Gasteiger charge is 2.37. The molecule has 1 aliphatic rings. The summed E-state index contributed by atoms with van der Waals surface area (Å²) in [6, 6.07) is 10.3. The van der Waals surface area contributed by atoms with Gasteiger partial charge in [0.25, 0.3) is 5.91 Å². The number of aromatic amines is 1. The van der Waals surface area contributed by atoms with Crippen molar-refractivity contribution in [3.05, 3.63) is 69.0 Å². The molecule has 2 N–H and O–H groups in total. The molecule has 1 aliphatic heterocycles. The molecule has 29 heavy (non-hydrogen) atoms. The Hall–Kier alpha value is -2.98. The lowest BCUT2D eigenvalue weighted by molar-refractivity contribution is -0.140. The number of nitrogens with one attached hydrogen (secondary N) is 2. The van der Waals surface area contributed by atoms with Crippen molar-refractivity contribution in [3.63, 3.8) is 0 Å². The molecule has 0 saturated carbocycles. The number of alkyl halides is 3. The second-order valence-corrected chi connectivity index (χ2v) is 7.77. The van der Waals surface area contributed by atoms with Gasteiger partial charge in [-0.3, -0.25) is 9.59 Å². The molecule has 1 saturated heterocycles. The van der Waals surface area contributed by atoms with Gasteiger partial charge in [0.15, 0.2) is 5.43 Å². The van der Waals surface area contributed by atoms with Crippen molar-refractivity contribution in [1.82, 2.24) is 15.3 Å². The molecule has 3 aromatic rings. The number of pyridine rings is 2. The van der Waals surface area contributed by atoms with E-state index in [0.29, 0.717) is 0 Å². The van der Waals surface area contributed by atoms with Crippen LogP contribution < -0.4 is 10.7 Å². The summed E-state index contributed by atoms with van der Waals surface area (Å²) in [7, 11) is 0. The SMILES string of the molecule is O=C1NC(=S)SC1=Cc1cccc(-c2c(C(F)(F)F)[nH]c3ccccc3c2=O)n1. The maximum absolute atomic E-state index is 13.7. The van der Waals surface area contributed by atoms with Gasteiger partial charge in [-0.05, 0) is 30.3 Å². The first-order chi connectivity index (χ1) is 13.7. The average molecular weight is 433 g/mol. The molecular formula is C19H10F3N3O2S2. The van der Waals surface area contributed by atoms with Gasteiger partial charge < -0.3 is 10.3 Å². The minimum absolute atomic E-state index is 0.0828. The van der Waals surface area contributed by atoms with Gasteiger partial charge in [-0.1, -0.05) is 42.2 Å². The number of nitrogens with zero attached hydrogens (tertiary/aromatic N) is 1. The average Bonchev–Trinajstić information content (AvgIpc) is 2.98. The van der Waals surface area contributed by atoms with Gasteiger partial charge in [-0.15, -0.1) is 0 Å². The summed E-state index contributed by atoms with van der Waals surface area (Å²) in [6.45, 7) is 0. The first-order valence-corrected chi connectivity index (χ1v) is 9.41. The highest BCUT2D eigenvalue weighted by molar-refractivity contribution is 8.26. The third kappa shape index (κ3) is 3.68. The summed E-state index contributed by atoms with van der Waals surface area (Å²) in [5, 5.41) is 2.57. The zero-order valence-electron chi connectivity index (χ0n) is 14.3. The predicted molar refractivity (Wildman–Crippen MR) is 109 cm³/mol. The highest BCUT2D eigenvalue weighted by Crippen LogP contribution is 2.35. The Bertz CT molecular complexity index is 1270. The van der Waals surface area contributed by atoms with Gasteiger partial charge in [0.05, 0.1) is 21.9 Å². The Morgan fingerprint density at radius 2 is 1.83 bits per heavy atom. The fourth-order valence-corrected chi connectivity index (χ4v) is 3.95. The van der Waals surface area contributed by atoms with Crippen LogP contribution in [-0.2, 0) is 11.0 Å². The van der Waals surface area contributed by atoms with Crippen LogP contribution in [0.15, 0.2) is 52.2 Å². The van der Waals surface area contributed by atoms with Crippen LogP contribution in [0, 0.1) is 0 Å². The molecular weight excluding hydrogens is 423 g/mol. The molecule has 1 fully saturated rings. The van der Waals surface area contributed by atoms with Crippen molar-refractivity contribution in [2.45, 2.75) is 6.18 Å². The Labute approximate surface area is 171 Å². The number of amides is 1. The fourth-order valence-electron chi connectivity index (χ4n) is 2.92. The molecule has 1 aromatic carbocycles. The van der Waals surface area contributed by atoms with Crippen LogP contribution in [0.1, 0.15) is 11.4 Å². The number of aromatic nitrogens is 2. The Morgan fingerprint density at radius 1 is 1.07 bits per heavy atom. The number of carbonyl (C=O) groups excluding carboxylic acids is 1. The highest BCUT2D eigenvalue weighted by atomic mass is 32.2. The predicted octanol–water partition coefficient (Wildman–Crippen LogP) is 4.10. The van der Waals surface area contributed by atoms with Crippen molar-refractivity contribution in [2.75, 3.05) is 0 Å². The van der Waals surface area contributed by atoms with Gasteiger partial charge >= 0.3 is 6.18 Å². The maximum Gasteiger partial charge on any atom is 0.432 e. The number of para-hydroxylation sites is 1. The van der Waals surface area contributed by atoms with E-state index in [4.69, 9.17) is 12.2 Å². The summed E-state index contributed by atoms with van der Waals surface area (Å²) in [5.41, 5.74) is -2.36. The van der Waals surface area contributed by atoms with Crippen LogP contribution in [0.2, 0.25) is 0 Å². The van der Waals surface area contributed by atoms with Crippen LogP contribution in [0.4, 0.5) is 13.2 Å². The Kier molecular flexibility index (Phi) is 4.75. The standard InChI is InChI=1S/C19H10F3N3O2S2/c20-19(21,22)16-14(15(26)10-5-1-2-6-11(10)24-16)12-7-3-4-9(23-12)8-13-17(27)25-18(28)29-13/h1-8H,(H,24,26)(H,25,27,28). The molecule has 146 valence electrons. The second-order valence-electron chi connectivity index (χ2n) is 6.05. The summed E-state index contributed by atoms with van der Waals surface area (Å²) in [4.78, 5) is 31.5. The number of halogens is 3. The van der Waals surface area contributed by atoms with Crippen LogP contribution in [0.5, 0.6) is 0 Å². The number of thioether (sulfide) groups is 1. The van der Waals surface area contributed by atoms with Crippen molar-refractivity contribution < 1.29 is 18.0 Å². The summed E-state index contributed by atoms with van der Waals surface area (Å²) < 4.78 is 41.3. The number of hydrogen-bond acceptors (Lipinski definition) is 5. The largest absolute Gasteiger partial charge is 0.432 e. The summed E-state index contributed by atoms with van der Waals surface area (Å²) in [6.07, 6.45) is -3.38. The van der Waals surface area contributed by atoms with E-state index in [1.54, 1.807) is 6.07 Å². The van der Waals surface area contributed by atoms with E-state index in [-0.39, 0.29) is 31.5 Å². The minimum atomic E-state index is -4.79. The first-order valence-electron chi connectivity index (χ1n) is 8.18. The van der Waals surface area contributed by atoms with E-state index in [1.807, 2.05) is 0 Å². The third-order valence-corrected chi connectivity index (χ3v) is 5.30.